The van der Waals surface area contributed by atoms with E-state index in [0.717, 1.165) is 31.2 Å². The summed E-state index contributed by atoms with van der Waals surface area (Å²) in [5, 5.41) is 21.4. The molecular formula is C35H32ClN3O6S2. The van der Waals surface area contributed by atoms with Crippen LogP contribution >= 0.6 is 34.7 Å². The first kappa shape index (κ1) is 32.6. The molecule has 1 N–H and O–H groups in total. The minimum absolute atomic E-state index is 0.0361. The zero-order chi connectivity index (χ0) is 32.9. The lowest BCUT2D eigenvalue weighted by atomic mass is 9.95. The van der Waals surface area contributed by atoms with Gasteiger partial charge in [-0.3, -0.25) is 14.5 Å². The second kappa shape index (κ2) is 14.6. The molecule has 2 aromatic heterocycles. The van der Waals surface area contributed by atoms with Gasteiger partial charge in [-0.2, -0.15) is 0 Å². The number of carbonyl (C=O) groups is 2. The number of benzene rings is 3. The van der Waals surface area contributed by atoms with Crippen LogP contribution in [0.15, 0.2) is 92.9 Å². The van der Waals surface area contributed by atoms with Gasteiger partial charge < -0.3 is 19.0 Å². The van der Waals surface area contributed by atoms with Crippen LogP contribution in [0.3, 0.4) is 0 Å². The summed E-state index contributed by atoms with van der Waals surface area (Å²) in [6, 6.07) is 20.6. The third-order valence-corrected chi connectivity index (χ3v) is 10.3. The maximum Gasteiger partial charge on any atom is 0.296 e. The number of para-hydroxylation sites is 1. The molecule has 3 aromatic carbocycles. The summed E-state index contributed by atoms with van der Waals surface area (Å²) in [6.45, 7) is 2.75. The van der Waals surface area contributed by atoms with Crippen molar-refractivity contribution in [3.8, 4) is 11.5 Å². The maximum absolute atomic E-state index is 14.1. The van der Waals surface area contributed by atoms with Crippen LogP contribution in [0.25, 0.3) is 11.0 Å². The Balaban J connectivity index is 1.32. The van der Waals surface area contributed by atoms with E-state index < -0.39 is 23.5 Å². The molecule has 47 heavy (non-hydrogen) atoms. The summed E-state index contributed by atoms with van der Waals surface area (Å²) in [5.41, 5.74) is 1.79. The van der Waals surface area contributed by atoms with Gasteiger partial charge in [-0.25, -0.2) is 0 Å². The third-order valence-electron chi connectivity index (χ3n) is 7.78. The number of Topliss-reactive ketones (excluding diaryl/α,β-unsaturated/α-hetero) is 1. The van der Waals surface area contributed by atoms with Crippen LogP contribution in [0.4, 0.5) is 5.13 Å². The van der Waals surface area contributed by atoms with Gasteiger partial charge in [-0.05, 0) is 47.9 Å². The van der Waals surface area contributed by atoms with Gasteiger partial charge >= 0.3 is 0 Å². The van der Waals surface area contributed by atoms with Gasteiger partial charge in [-0.15, -0.1) is 10.2 Å². The lowest BCUT2D eigenvalue weighted by Gasteiger charge is -2.24. The van der Waals surface area contributed by atoms with Crippen LogP contribution in [-0.2, 0) is 10.5 Å². The van der Waals surface area contributed by atoms with E-state index >= 15 is 0 Å². The van der Waals surface area contributed by atoms with Crippen molar-refractivity contribution >= 4 is 62.5 Å². The molecular weight excluding hydrogens is 658 g/mol. The number of unbranched alkanes of at least 4 members (excludes halogenated alkanes) is 3. The van der Waals surface area contributed by atoms with Gasteiger partial charge in [0, 0.05) is 16.2 Å². The van der Waals surface area contributed by atoms with E-state index in [1.807, 2.05) is 24.3 Å². The van der Waals surface area contributed by atoms with Crippen LogP contribution in [-0.4, -0.2) is 40.7 Å². The SMILES string of the molecule is CCCCCCOc1ccc(C2C(C(=O)c3cc4cccc(OC)c4o3)=C(O)C(=O)N2c2nnc(SCc3ccccc3Cl)s2)cc1. The van der Waals surface area contributed by atoms with E-state index in [0.29, 0.717) is 49.8 Å². The molecule has 0 radical (unpaired) electrons. The lowest BCUT2D eigenvalue weighted by Crippen LogP contribution is -2.31. The minimum atomic E-state index is -1.00. The monoisotopic (exact) mass is 689 g/mol. The number of rotatable bonds is 14. The van der Waals surface area contributed by atoms with Crippen molar-refractivity contribution in [2.24, 2.45) is 0 Å². The summed E-state index contributed by atoms with van der Waals surface area (Å²) in [7, 11) is 1.51. The Labute approximate surface area is 285 Å². The van der Waals surface area contributed by atoms with E-state index in [1.165, 1.54) is 35.1 Å². The molecule has 0 saturated heterocycles. The maximum atomic E-state index is 14.1. The van der Waals surface area contributed by atoms with Gasteiger partial charge in [0.05, 0.1) is 25.3 Å². The number of anilines is 1. The fourth-order valence-corrected chi connectivity index (χ4v) is 7.52. The molecule has 1 unspecified atom stereocenters. The first-order chi connectivity index (χ1) is 22.9. The van der Waals surface area contributed by atoms with Crippen molar-refractivity contribution < 1.29 is 28.6 Å². The van der Waals surface area contributed by atoms with Gasteiger partial charge in [0.1, 0.15) is 5.75 Å². The van der Waals surface area contributed by atoms with Crippen LogP contribution in [0.5, 0.6) is 11.5 Å². The summed E-state index contributed by atoms with van der Waals surface area (Å²) < 4.78 is 17.9. The predicted molar refractivity (Wildman–Crippen MR) is 184 cm³/mol. The number of nitrogens with zero attached hydrogens (tertiary/aromatic N) is 3. The number of furan rings is 1. The molecule has 0 fully saturated rings. The number of ketones is 1. The van der Waals surface area contributed by atoms with Crippen LogP contribution < -0.4 is 14.4 Å². The fraction of sp³-hybridized carbons (Fsp3) is 0.257. The Hall–Kier alpha value is -4.32. The second-order valence-corrected chi connectivity index (χ2v) is 13.5. The van der Waals surface area contributed by atoms with Crippen LogP contribution in [0.1, 0.15) is 60.3 Å². The number of amides is 1. The van der Waals surface area contributed by atoms with Crippen molar-refractivity contribution in [3.05, 3.63) is 106 Å². The van der Waals surface area contributed by atoms with Crippen LogP contribution in [0.2, 0.25) is 5.02 Å². The smallest absolute Gasteiger partial charge is 0.296 e. The standard InChI is InChI=1S/C35H32ClN3O6S2/c1-3-4-5-8-18-44-24-16-14-21(15-17-24)29-28(30(40)27-19-22-11-9-13-26(43-2)32(22)45-27)31(41)33(42)39(29)34-37-38-35(47-34)46-20-23-10-6-7-12-25(23)36/h6-7,9-17,19,29,41H,3-5,8,18,20H2,1-2H3. The number of hydrogen-bond donors (Lipinski definition) is 1. The highest BCUT2D eigenvalue weighted by atomic mass is 35.5. The van der Waals surface area contributed by atoms with Crippen molar-refractivity contribution in [2.75, 3.05) is 18.6 Å². The molecule has 1 atom stereocenters. The number of hydrogen-bond acceptors (Lipinski definition) is 10. The fourth-order valence-electron chi connectivity index (χ4n) is 5.37. The zero-order valence-electron chi connectivity index (χ0n) is 25.8. The lowest BCUT2D eigenvalue weighted by molar-refractivity contribution is -0.117. The van der Waals surface area contributed by atoms with Gasteiger partial charge in [0.25, 0.3) is 5.91 Å². The summed E-state index contributed by atoms with van der Waals surface area (Å²) >= 11 is 8.95. The Morgan fingerprint density at radius 2 is 1.87 bits per heavy atom. The van der Waals surface area contributed by atoms with Crippen molar-refractivity contribution in [2.45, 2.75) is 48.7 Å². The molecule has 242 valence electrons. The molecule has 3 heterocycles. The number of aliphatic hydroxyl groups is 1. The van der Waals surface area contributed by atoms with Gasteiger partial charge in [0.2, 0.25) is 10.9 Å². The van der Waals surface area contributed by atoms with E-state index in [4.69, 9.17) is 25.5 Å². The number of aromatic nitrogens is 2. The average Bonchev–Trinajstić information content (AvgIpc) is 3.80. The molecule has 0 bridgehead atoms. The highest BCUT2D eigenvalue weighted by Crippen LogP contribution is 2.45. The number of carbonyl (C=O) groups excluding carboxylic acids is 2. The normalized spacial score (nSPS) is 14.7. The largest absolute Gasteiger partial charge is 0.503 e. The van der Waals surface area contributed by atoms with E-state index in [2.05, 4.69) is 17.1 Å². The molecule has 6 rings (SSSR count). The van der Waals surface area contributed by atoms with Crippen molar-refractivity contribution in [1.29, 1.82) is 0 Å². The number of halogens is 1. The van der Waals surface area contributed by atoms with E-state index in [9.17, 15) is 14.7 Å². The molecule has 9 nitrogen and oxygen atoms in total. The van der Waals surface area contributed by atoms with Crippen molar-refractivity contribution in [1.82, 2.24) is 10.2 Å². The first-order valence-corrected chi connectivity index (χ1v) is 17.4. The van der Waals surface area contributed by atoms with E-state index in [-0.39, 0.29) is 16.5 Å². The molecule has 1 aliphatic rings. The summed E-state index contributed by atoms with van der Waals surface area (Å²) in [4.78, 5) is 29.2. The quantitative estimate of drug-likeness (QED) is 0.0528. The molecule has 1 amide bonds. The van der Waals surface area contributed by atoms with E-state index in [1.54, 1.807) is 48.5 Å². The Morgan fingerprint density at radius 3 is 2.64 bits per heavy atom. The predicted octanol–water partition coefficient (Wildman–Crippen LogP) is 8.98. The number of thioether (sulfide) groups is 1. The zero-order valence-corrected chi connectivity index (χ0v) is 28.2. The summed E-state index contributed by atoms with van der Waals surface area (Å²) in [5.74, 6) is -0.427. The highest BCUT2D eigenvalue weighted by molar-refractivity contribution is 8.00. The second-order valence-electron chi connectivity index (χ2n) is 10.9. The van der Waals surface area contributed by atoms with Crippen molar-refractivity contribution in [3.63, 3.8) is 0 Å². The molecule has 1 aliphatic heterocycles. The molecule has 5 aromatic rings. The molecule has 0 spiro atoms. The molecule has 0 saturated carbocycles. The Bertz CT molecular complexity index is 1940. The topological polar surface area (TPSA) is 115 Å². The number of aliphatic hydroxyl groups excluding tert-OH is 1. The Kier molecular flexibility index (Phi) is 10.1. The Morgan fingerprint density at radius 1 is 1.06 bits per heavy atom. The van der Waals surface area contributed by atoms with Crippen LogP contribution in [0, 0.1) is 0 Å². The molecule has 0 aliphatic carbocycles. The highest BCUT2D eigenvalue weighted by Gasteiger charge is 2.47. The number of fused-ring (bicyclic) bond motifs is 1. The van der Waals surface area contributed by atoms with Gasteiger partial charge in [-0.1, -0.05) is 103 Å². The first-order valence-electron chi connectivity index (χ1n) is 15.2. The molecule has 12 heteroatoms. The van der Waals surface area contributed by atoms with Gasteiger partial charge in [0.15, 0.2) is 27.2 Å². The average molecular weight is 690 g/mol. The summed E-state index contributed by atoms with van der Waals surface area (Å²) in [6.07, 6.45) is 4.35. The third kappa shape index (κ3) is 6.88. The minimum Gasteiger partial charge on any atom is -0.503 e. The number of ether oxygens (including phenoxy) is 2. The number of methoxy groups -OCH3 is 1.